The van der Waals surface area contributed by atoms with Crippen LogP contribution in [0.5, 0.6) is 0 Å². The monoisotopic (exact) mass is 485 g/mol. The van der Waals surface area contributed by atoms with E-state index in [0.717, 1.165) is 39.5 Å². The van der Waals surface area contributed by atoms with Crippen LogP contribution in [0.4, 0.5) is 0 Å². The summed E-state index contributed by atoms with van der Waals surface area (Å²) in [5.74, 6) is 1.06. The van der Waals surface area contributed by atoms with E-state index in [9.17, 15) is 4.57 Å². The Hall–Kier alpha value is -2.42. The zero-order valence-electron chi connectivity index (χ0n) is 18.7. The number of quaternary nitrogens is 1. The summed E-state index contributed by atoms with van der Waals surface area (Å²) >= 11 is 0.679. The molecular weight excluding hydrogens is 459 g/mol. The summed E-state index contributed by atoms with van der Waals surface area (Å²) in [6, 6.07) is 6.08. The van der Waals surface area contributed by atoms with Crippen LogP contribution in [0.2, 0.25) is 0 Å². The van der Waals surface area contributed by atoms with Crippen LogP contribution in [-0.2, 0) is 18.0 Å². The number of hydrogen-bond donors (Lipinski definition) is 3. The Morgan fingerprint density at radius 1 is 1.06 bits per heavy atom. The van der Waals surface area contributed by atoms with Crippen LogP contribution in [0.3, 0.4) is 0 Å². The van der Waals surface area contributed by atoms with Crippen LogP contribution >= 0.6 is 18.2 Å². The molecule has 0 aliphatic heterocycles. The molecule has 0 aliphatic carbocycles. The van der Waals surface area contributed by atoms with Crippen molar-refractivity contribution < 1.29 is 24.1 Å². The fourth-order valence-electron chi connectivity index (χ4n) is 4.52. The van der Waals surface area contributed by atoms with Gasteiger partial charge in [-0.25, -0.2) is 14.5 Å². The number of nitrogens with two attached hydrogens (primary N) is 1. The maximum atomic E-state index is 10.9. The Balaban J connectivity index is 1.51. The Labute approximate surface area is 194 Å². The lowest BCUT2D eigenvalue weighted by Gasteiger charge is -2.10. The molecule has 0 amide bonds. The highest BCUT2D eigenvalue weighted by Crippen LogP contribution is 2.49. The zero-order chi connectivity index (χ0) is 23.3. The molecule has 0 spiro atoms. The Morgan fingerprint density at radius 2 is 1.88 bits per heavy atom. The maximum absolute atomic E-state index is 10.9. The normalized spacial score (nSPS) is 12.6. The molecule has 10 heteroatoms. The first kappa shape index (κ1) is 22.4. The second kappa shape index (κ2) is 8.42. The summed E-state index contributed by atoms with van der Waals surface area (Å²) in [4.78, 5) is 27.6. The minimum absolute atomic E-state index is 0.397. The van der Waals surface area contributed by atoms with Crippen molar-refractivity contribution in [2.45, 2.75) is 20.3 Å². The average molecular weight is 486 g/mol. The van der Waals surface area contributed by atoms with Gasteiger partial charge in [0, 0.05) is 35.6 Å². The average Bonchev–Trinajstić information content (AvgIpc) is 3.34. The number of aryl methyl sites for hydroxylation is 3. The van der Waals surface area contributed by atoms with E-state index < -0.39 is 6.80 Å². The molecular formula is C23H26N4O4PS+. The van der Waals surface area contributed by atoms with Crippen molar-refractivity contribution in [2.75, 3.05) is 18.8 Å². The molecule has 5 aromatic rings. The van der Waals surface area contributed by atoms with Gasteiger partial charge in [-0.3, -0.25) is 0 Å². The third-order valence-corrected chi connectivity index (χ3v) is 8.39. The predicted molar refractivity (Wildman–Crippen MR) is 133 cm³/mol. The van der Waals surface area contributed by atoms with Gasteiger partial charge in [0.15, 0.2) is 5.58 Å². The Kier molecular flexibility index (Phi) is 5.71. The van der Waals surface area contributed by atoms with E-state index in [1.54, 1.807) is 0 Å². The molecule has 0 saturated carbocycles. The summed E-state index contributed by atoms with van der Waals surface area (Å²) in [6.45, 7) is 1.64. The Morgan fingerprint density at radius 3 is 2.67 bits per heavy atom. The van der Waals surface area contributed by atoms with Crippen LogP contribution in [0.25, 0.3) is 43.7 Å². The topological polar surface area (TPSA) is 118 Å². The number of benzene rings is 2. The van der Waals surface area contributed by atoms with Gasteiger partial charge < -0.3 is 24.1 Å². The number of pyridine rings is 1. The van der Waals surface area contributed by atoms with Gasteiger partial charge in [0.05, 0.1) is 36.3 Å². The molecule has 8 nitrogen and oxygen atoms in total. The number of oxazole rings is 1. The molecule has 2 aromatic carbocycles. The molecule has 0 fully saturated rings. The van der Waals surface area contributed by atoms with Gasteiger partial charge in [-0.05, 0) is 59.9 Å². The van der Waals surface area contributed by atoms with Crippen molar-refractivity contribution in [3.63, 3.8) is 0 Å². The molecule has 3 aromatic heterocycles. The van der Waals surface area contributed by atoms with Crippen molar-refractivity contribution in [3.8, 4) is 0 Å². The van der Waals surface area contributed by atoms with Gasteiger partial charge in [-0.1, -0.05) is 0 Å². The molecule has 5 rings (SSSR count). The van der Waals surface area contributed by atoms with Crippen molar-refractivity contribution in [2.24, 2.45) is 7.05 Å². The smallest absolute Gasteiger partial charge is 0.384 e. The summed E-state index contributed by atoms with van der Waals surface area (Å²) in [5.41, 5.74) is 5.88. The molecule has 172 valence electrons. The summed E-state index contributed by atoms with van der Waals surface area (Å²) in [6.07, 6.45) is 4.86. The molecule has 0 radical (unpaired) electrons. The first-order chi connectivity index (χ1) is 15.7. The molecule has 0 saturated heterocycles. The van der Waals surface area contributed by atoms with E-state index in [1.165, 1.54) is 21.9 Å². The molecule has 0 atom stereocenters. The standard InChI is InChI=1S/C23H25N4O4PS/c1-13-16-12-27(3)10-7-15(16)14(2)22-20(13)21-17(25-22)4-5-18-23(21)26-19(31-18)6-8-24-9-11-33-32(28,29)30/h4-5,7,10,12,24H,6,8-9,11H2,1-3H3,(H2,28,29,30)/p+1. The summed E-state index contributed by atoms with van der Waals surface area (Å²) < 4.78 is 19.0. The van der Waals surface area contributed by atoms with E-state index in [2.05, 4.69) is 36.9 Å². The first-order valence-electron chi connectivity index (χ1n) is 10.8. The van der Waals surface area contributed by atoms with Crippen LogP contribution in [0.15, 0.2) is 35.0 Å². The predicted octanol–water partition coefficient (Wildman–Crippen LogP) is 3.57. The lowest BCUT2D eigenvalue weighted by molar-refractivity contribution is -0.650. The molecule has 33 heavy (non-hydrogen) atoms. The number of hydrogen-bond acceptors (Lipinski definition) is 5. The third kappa shape index (κ3) is 4.16. The Bertz CT molecular complexity index is 1570. The lowest BCUT2D eigenvalue weighted by Crippen LogP contribution is -2.85. The minimum Gasteiger partial charge on any atom is -0.440 e. The molecule has 4 N–H and O–H groups in total. The zero-order valence-corrected chi connectivity index (χ0v) is 20.4. The van der Waals surface area contributed by atoms with Gasteiger partial charge in [0.2, 0.25) is 5.89 Å². The van der Waals surface area contributed by atoms with E-state index in [4.69, 9.17) is 24.2 Å². The number of fused-ring (bicyclic) bond motifs is 6. The third-order valence-electron chi connectivity index (χ3n) is 6.08. The molecule has 0 bridgehead atoms. The highest BCUT2D eigenvalue weighted by Gasteiger charge is 2.20. The quantitative estimate of drug-likeness (QED) is 0.238. The van der Waals surface area contributed by atoms with Gasteiger partial charge in [0.25, 0.3) is 0 Å². The largest absolute Gasteiger partial charge is 0.440 e. The lowest BCUT2D eigenvalue weighted by atomic mass is 9.96. The highest BCUT2D eigenvalue weighted by molar-refractivity contribution is 8.54. The fraction of sp³-hybridized carbons (Fsp3) is 0.304. The maximum Gasteiger partial charge on any atom is 0.384 e. The van der Waals surface area contributed by atoms with Crippen molar-refractivity contribution in [3.05, 3.63) is 47.6 Å². The van der Waals surface area contributed by atoms with Crippen LogP contribution in [-0.4, -0.2) is 43.2 Å². The fourth-order valence-corrected chi connectivity index (χ4v) is 6.06. The van der Waals surface area contributed by atoms with Crippen LogP contribution in [0.1, 0.15) is 17.0 Å². The summed E-state index contributed by atoms with van der Waals surface area (Å²) in [5, 5.41) is 6.61. The SMILES string of the molecule is Cc1c2ccn(C)cc2c(C)c2c1nc1ccc3oc(CC[NH2+]CCSP(=O)(O)O)nc3c12. The molecule has 0 aliphatic rings. The van der Waals surface area contributed by atoms with E-state index in [1.807, 2.05) is 24.5 Å². The van der Waals surface area contributed by atoms with Gasteiger partial charge in [-0.15, -0.1) is 0 Å². The van der Waals surface area contributed by atoms with Crippen molar-refractivity contribution >= 4 is 61.9 Å². The minimum atomic E-state index is -4.00. The van der Waals surface area contributed by atoms with Gasteiger partial charge >= 0.3 is 6.80 Å². The number of aromatic nitrogens is 3. The first-order valence-corrected chi connectivity index (χ1v) is 14.0. The second-order valence-corrected chi connectivity index (χ2v) is 12.2. The summed E-state index contributed by atoms with van der Waals surface area (Å²) in [7, 11) is 2.03. The van der Waals surface area contributed by atoms with Crippen LogP contribution < -0.4 is 5.32 Å². The number of rotatable bonds is 7. The highest BCUT2D eigenvalue weighted by atomic mass is 32.7. The molecule has 3 heterocycles. The van der Waals surface area contributed by atoms with E-state index in [-0.39, 0.29) is 0 Å². The molecule has 0 unspecified atom stereocenters. The number of nitrogens with zero attached hydrogens (tertiary/aromatic N) is 3. The van der Waals surface area contributed by atoms with E-state index >= 15 is 0 Å². The second-order valence-electron chi connectivity index (χ2n) is 8.38. The van der Waals surface area contributed by atoms with Crippen molar-refractivity contribution in [1.29, 1.82) is 0 Å². The van der Waals surface area contributed by atoms with Crippen molar-refractivity contribution in [1.82, 2.24) is 14.5 Å². The van der Waals surface area contributed by atoms with E-state index in [0.29, 0.717) is 36.0 Å². The van der Waals surface area contributed by atoms with Gasteiger partial charge in [0.1, 0.15) is 5.52 Å². The van der Waals surface area contributed by atoms with Gasteiger partial charge in [-0.2, -0.15) is 0 Å². The van der Waals surface area contributed by atoms with Crippen LogP contribution in [0, 0.1) is 13.8 Å².